The van der Waals surface area contributed by atoms with Crippen LogP contribution < -0.4 is 0 Å². The average molecular weight is 392 g/mol. The molecule has 0 amide bonds. The van der Waals surface area contributed by atoms with Crippen molar-refractivity contribution >= 4 is 43.1 Å². The van der Waals surface area contributed by atoms with Gasteiger partial charge < -0.3 is 0 Å². The quantitative estimate of drug-likeness (QED) is 0.792. The number of carbonyl (C=O) groups is 1. The monoisotopic (exact) mass is 391 g/mol. The molecule has 0 aromatic carbocycles. The predicted molar refractivity (Wildman–Crippen MR) is 85.9 cm³/mol. The van der Waals surface area contributed by atoms with Crippen LogP contribution in [-0.4, -0.2) is 31.1 Å². The summed E-state index contributed by atoms with van der Waals surface area (Å²) in [6.45, 7) is 0.529. The Morgan fingerprint density at radius 1 is 1.24 bits per heavy atom. The third kappa shape index (κ3) is 2.85. The molecule has 116 valence electrons. The van der Waals surface area contributed by atoms with E-state index in [2.05, 4.69) is 15.9 Å². The molecule has 2 atom stereocenters. The van der Waals surface area contributed by atoms with Gasteiger partial charge in [0.05, 0.1) is 0 Å². The molecule has 1 aliphatic heterocycles. The van der Waals surface area contributed by atoms with Crippen molar-refractivity contribution in [3.63, 3.8) is 0 Å². The topological polar surface area (TPSA) is 54.5 Å². The summed E-state index contributed by atoms with van der Waals surface area (Å²) in [7, 11) is -3.50. The summed E-state index contributed by atoms with van der Waals surface area (Å²) in [6.07, 6.45) is 5.07. The Labute approximate surface area is 137 Å². The fourth-order valence-electron chi connectivity index (χ4n) is 3.45. The van der Waals surface area contributed by atoms with Crippen LogP contribution in [0.5, 0.6) is 0 Å². The number of ketones is 1. The van der Waals surface area contributed by atoms with Crippen molar-refractivity contribution in [1.82, 2.24) is 4.31 Å². The first kappa shape index (κ1) is 15.6. The highest BCUT2D eigenvalue weighted by molar-refractivity contribution is 9.10. The van der Waals surface area contributed by atoms with Crippen molar-refractivity contribution in [3.8, 4) is 0 Å². The lowest BCUT2D eigenvalue weighted by molar-refractivity contribution is -0.126. The van der Waals surface area contributed by atoms with E-state index < -0.39 is 10.0 Å². The van der Waals surface area contributed by atoms with Crippen molar-refractivity contribution in [1.29, 1.82) is 0 Å². The molecule has 4 nitrogen and oxygen atoms in total. The molecule has 0 N–H and O–H groups in total. The smallest absolute Gasteiger partial charge is 0.253 e. The second-order valence-corrected chi connectivity index (χ2v) is 9.56. The zero-order valence-corrected chi connectivity index (χ0v) is 14.8. The molecular formula is C14H18BrNO3S2. The Kier molecular flexibility index (Phi) is 4.55. The fourth-order valence-corrected chi connectivity index (χ4v) is 7.61. The van der Waals surface area contributed by atoms with Gasteiger partial charge in [0.1, 0.15) is 9.99 Å². The molecule has 1 aromatic rings. The van der Waals surface area contributed by atoms with Crippen LogP contribution in [0.15, 0.2) is 20.1 Å². The molecule has 7 heteroatoms. The molecule has 3 rings (SSSR count). The summed E-state index contributed by atoms with van der Waals surface area (Å²) in [5.74, 6) is 0.147. The molecule has 1 aromatic heterocycles. The second kappa shape index (κ2) is 6.10. The van der Waals surface area contributed by atoms with Crippen LogP contribution in [0.4, 0.5) is 0 Å². The highest BCUT2D eigenvalue weighted by Gasteiger charge is 2.43. The van der Waals surface area contributed by atoms with Gasteiger partial charge in [-0.25, -0.2) is 8.42 Å². The Bertz CT molecular complexity index is 640. The Morgan fingerprint density at radius 2 is 2.05 bits per heavy atom. The summed E-state index contributed by atoms with van der Waals surface area (Å²) in [5, 5.41) is 1.77. The van der Waals surface area contributed by atoms with Gasteiger partial charge in [-0.1, -0.05) is 6.42 Å². The number of nitrogens with zero attached hydrogens (tertiary/aromatic N) is 1. The summed E-state index contributed by atoms with van der Waals surface area (Å²) < 4.78 is 28.3. The number of rotatable bonds is 3. The molecule has 1 saturated carbocycles. The first-order valence-corrected chi connectivity index (χ1v) is 10.4. The first-order valence-electron chi connectivity index (χ1n) is 7.29. The number of Topliss-reactive ketones (excluding diaryl/α,β-unsaturated/α-hetero) is 1. The highest BCUT2D eigenvalue weighted by atomic mass is 79.9. The minimum absolute atomic E-state index is 0.102. The number of thiophene rings is 1. The van der Waals surface area contributed by atoms with E-state index in [-0.39, 0.29) is 17.7 Å². The van der Waals surface area contributed by atoms with E-state index in [1.54, 1.807) is 15.8 Å². The fraction of sp³-hybridized carbons (Fsp3) is 0.643. The normalized spacial score (nSPS) is 28.1. The van der Waals surface area contributed by atoms with Gasteiger partial charge in [0.25, 0.3) is 10.0 Å². The van der Waals surface area contributed by atoms with E-state index in [0.717, 1.165) is 32.1 Å². The number of carbonyl (C=O) groups excluding carboxylic acids is 1. The maximum atomic E-state index is 12.9. The van der Waals surface area contributed by atoms with Gasteiger partial charge in [-0.2, -0.15) is 4.31 Å². The van der Waals surface area contributed by atoms with Crippen molar-refractivity contribution < 1.29 is 13.2 Å². The van der Waals surface area contributed by atoms with Crippen LogP contribution in [0.2, 0.25) is 0 Å². The van der Waals surface area contributed by atoms with Gasteiger partial charge in [-0.05, 0) is 53.1 Å². The van der Waals surface area contributed by atoms with E-state index in [1.165, 1.54) is 11.3 Å². The number of hydrogen-bond acceptors (Lipinski definition) is 4. The first-order chi connectivity index (χ1) is 10.0. The lowest BCUT2D eigenvalue weighted by Gasteiger charge is -2.32. The molecule has 21 heavy (non-hydrogen) atoms. The molecule has 2 unspecified atom stereocenters. The minimum atomic E-state index is -3.50. The predicted octanol–water partition coefficient (Wildman–Crippen LogP) is 3.42. The summed E-state index contributed by atoms with van der Waals surface area (Å²) in [4.78, 5) is 12.2. The maximum Gasteiger partial charge on any atom is 0.253 e. The Balaban J connectivity index is 1.90. The van der Waals surface area contributed by atoms with Gasteiger partial charge in [-0.3, -0.25) is 4.79 Å². The van der Waals surface area contributed by atoms with E-state index in [0.29, 0.717) is 21.6 Å². The molecule has 1 aliphatic carbocycles. The molecule has 2 aliphatic rings. The van der Waals surface area contributed by atoms with Crippen molar-refractivity contribution in [2.45, 2.75) is 48.8 Å². The van der Waals surface area contributed by atoms with Crippen molar-refractivity contribution in [3.05, 3.63) is 15.9 Å². The van der Waals surface area contributed by atoms with Gasteiger partial charge in [0, 0.05) is 29.4 Å². The molecule has 2 fully saturated rings. The molecule has 0 bridgehead atoms. The van der Waals surface area contributed by atoms with E-state index >= 15 is 0 Å². The summed E-state index contributed by atoms with van der Waals surface area (Å²) in [5.41, 5.74) is 0. The highest BCUT2D eigenvalue weighted by Crippen LogP contribution is 2.38. The van der Waals surface area contributed by atoms with Crippen LogP contribution >= 0.6 is 27.3 Å². The summed E-state index contributed by atoms with van der Waals surface area (Å²) >= 11 is 4.55. The third-order valence-electron chi connectivity index (χ3n) is 4.44. The molecule has 0 spiro atoms. The zero-order valence-electron chi connectivity index (χ0n) is 11.6. The standard InChI is InChI=1S/C14H18BrNO3S2/c15-11-7-9-20-14(11)21(18,19)16-8-3-5-12(16)10-4-1-2-6-13(10)17/h7,9-10,12H,1-6,8H2. The van der Waals surface area contributed by atoms with Gasteiger partial charge in [-0.15, -0.1) is 11.3 Å². The number of hydrogen-bond donors (Lipinski definition) is 0. The van der Waals surface area contributed by atoms with Crippen molar-refractivity contribution in [2.24, 2.45) is 5.92 Å². The third-order valence-corrected chi connectivity index (χ3v) is 9.01. The molecule has 2 heterocycles. The SMILES string of the molecule is O=C1CCCCC1C1CCCN1S(=O)(=O)c1sccc1Br. The largest absolute Gasteiger partial charge is 0.299 e. The molecular weight excluding hydrogens is 374 g/mol. The molecule has 1 saturated heterocycles. The number of sulfonamides is 1. The summed E-state index contributed by atoms with van der Waals surface area (Å²) in [6, 6.07) is 1.62. The van der Waals surface area contributed by atoms with Gasteiger partial charge >= 0.3 is 0 Å². The zero-order chi connectivity index (χ0) is 15.0. The van der Waals surface area contributed by atoms with Crippen LogP contribution in [0.1, 0.15) is 38.5 Å². The Morgan fingerprint density at radius 3 is 2.71 bits per heavy atom. The van der Waals surface area contributed by atoms with E-state index in [4.69, 9.17) is 0 Å². The lowest BCUT2D eigenvalue weighted by atomic mass is 9.82. The minimum Gasteiger partial charge on any atom is -0.299 e. The Hall–Kier alpha value is -0.240. The van der Waals surface area contributed by atoms with E-state index in [9.17, 15) is 13.2 Å². The average Bonchev–Trinajstić information content (AvgIpc) is 3.08. The van der Waals surface area contributed by atoms with Crippen LogP contribution in [0, 0.1) is 5.92 Å². The van der Waals surface area contributed by atoms with Gasteiger partial charge in [0.15, 0.2) is 0 Å². The number of halogens is 1. The van der Waals surface area contributed by atoms with Crippen molar-refractivity contribution in [2.75, 3.05) is 6.54 Å². The van der Waals surface area contributed by atoms with Crippen LogP contribution in [0.3, 0.4) is 0 Å². The van der Waals surface area contributed by atoms with E-state index in [1.807, 2.05) is 0 Å². The lowest BCUT2D eigenvalue weighted by Crippen LogP contribution is -2.43. The van der Waals surface area contributed by atoms with Crippen LogP contribution in [0.25, 0.3) is 0 Å². The second-order valence-electron chi connectivity index (χ2n) is 5.70. The molecule has 0 radical (unpaired) electrons. The maximum absolute atomic E-state index is 12.9. The van der Waals surface area contributed by atoms with Crippen LogP contribution in [-0.2, 0) is 14.8 Å². The van der Waals surface area contributed by atoms with Gasteiger partial charge in [0.2, 0.25) is 0 Å².